The largest absolute Gasteiger partial charge is 0.383 e. The second kappa shape index (κ2) is 11.4. The average molecular weight is 486 g/mol. The van der Waals surface area contributed by atoms with Crippen molar-refractivity contribution < 1.29 is 9.53 Å². The molecule has 3 N–H and O–H groups in total. The van der Waals surface area contributed by atoms with Gasteiger partial charge in [0.25, 0.3) is 11.5 Å². The summed E-state index contributed by atoms with van der Waals surface area (Å²) >= 11 is 5.07. The van der Waals surface area contributed by atoms with Gasteiger partial charge in [0.1, 0.15) is 6.54 Å². The van der Waals surface area contributed by atoms with Gasteiger partial charge in [-0.15, -0.1) is 0 Å². The third kappa shape index (κ3) is 5.97. The number of methoxy groups -OCH3 is 1. The Morgan fingerprint density at radius 2 is 1.91 bits per heavy atom. The van der Waals surface area contributed by atoms with Crippen LogP contribution in [-0.4, -0.2) is 50.0 Å². The van der Waals surface area contributed by atoms with E-state index in [1.54, 1.807) is 11.7 Å². The Bertz CT molecular complexity index is 1310. The number of nitrogens with zero attached hydrogens (tertiary/aromatic N) is 4. The first-order valence-corrected chi connectivity index (χ1v) is 10.9. The smallest absolute Gasteiger partial charge is 0.333 e. The SMILES string of the molecule is C=C(C)CNC(=S)NNC(=O)Cn1c(=O)c2c(ncn2CCOC)n(Cc2ccccc2)c1=O. The maximum atomic E-state index is 13.3. The lowest BCUT2D eigenvalue weighted by molar-refractivity contribution is -0.122. The second-order valence-electron chi connectivity index (χ2n) is 7.66. The van der Waals surface area contributed by atoms with E-state index in [1.807, 2.05) is 37.3 Å². The number of thiocarbonyl (C=S) groups is 1. The molecule has 0 atom stereocenters. The van der Waals surface area contributed by atoms with Gasteiger partial charge >= 0.3 is 5.69 Å². The van der Waals surface area contributed by atoms with Crippen molar-refractivity contribution in [1.82, 2.24) is 34.9 Å². The molecule has 180 valence electrons. The molecular formula is C22H27N7O4S. The van der Waals surface area contributed by atoms with E-state index in [4.69, 9.17) is 17.0 Å². The Morgan fingerprint density at radius 1 is 1.18 bits per heavy atom. The predicted octanol–water partition coefficient (Wildman–Crippen LogP) is 0.126. The van der Waals surface area contributed by atoms with E-state index in [0.717, 1.165) is 15.7 Å². The molecule has 0 unspecified atom stereocenters. The molecule has 0 bridgehead atoms. The monoisotopic (exact) mass is 485 g/mol. The molecule has 34 heavy (non-hydrogen) atoms. The number of aromatic nitrogens is 4. The number of ether oxygens (including phenoxy) is 1. The van der Waals surface area contributed by atoms with Crippen molar-refractivity contribution in [3.63, 3.8) is 0 Å². The van der Waals surface area contributed by atoms with Gasteiger partial charge in [0.05, 0.1) is 19.5 Å². The minimum Gasteiger partial charge on any atom is -0.383 e. The Morgan fingerprint density at radius 3 is 2.59 bits per heavy atom. The van der Waals surface area contributed by atoms with Crippen LogP contribution in [0.3, 0.4) is 0 Å². The summed E-state index contributed by atoms with van der Waals surface area (Å²) < 4.78 is 9.00. The van der Waals surface area contributed by atoms with Crippen LogP contribution in [0.5, 0.6) is 0 Å². The van der Waals surface area contributed by atoms with Gasteiger partial charge in [0, 0.05) is 20.2 Å². The first-order chi connectivity index (χ1) is 16.3. The molecule has 2 aromatic heterocycles. The summed E-state index contributed by atoms with van der Waals surface area (Å²) in [4.78, 5) is 43.4. The van der Waals surface area contributed by atoms with Crippen molar-refractivity contribution >= 4 is 34.4 Å². The van der Waals surface area contributed by atoms with E-state index in [2.05, 4.69) is 27.7 Å². The lowest BCUT2D eigenvalue weighted by Gasteiger charge is -2.14. The quantitative estimate of drug-likeness (QED) is 0.222. The van der Waals surface area contributed by atoms with Gasteiger partial charge in [-0.1, -0.05) is 42.5 Å². The van der Waals surface area contributed by atoms with E-state index in [-0.39, 0.29) is 22.8 Å². The highest BCUT2D eigenvalue weighted by molar-refractivity contribution is 7.80. The van der Waals surface area contributed by atoms with Crippen molar-refractivity contribution in [2.24, 2.45) is 0 Å². The molecule has 0 saturated heterocycles. The molecule has 3 aromatic rings. The minimum absolute atomic E-state index is 0.179. The van der Waals surface area contributed by atoms with Crippen LogP contribution in [0.1, 0.15) is 12.5 Å². The van der Waals surface area contributed by atoms with Gasteiger partial charge in [-0.25, -0.2) is 14.3 Å². The zero-order chi connectivity index (χ0) is 24.7. The maximum Gasteiger partial charge on any atom is 0.333 e. The lowest BCUT2D eigenvalue weighted by Crippen LogP contribution is -2.50. The molecule has 0 aliphatic rings. The number of hydrazine groups is 1. The number of nitrogens with one attached hydrogen (secondary N) is 3. The number of benzene rings is 1. The topological polar surface area (TPSA) is 124 Å². The summed E-state index contributed by atoms with van der Waals surface area (Å²) in [5.41, 5.74) is 5.85. The van der Waals surface area contributed by atoms with Crippen LogP contribution in [0.25, 0.3) is 11.2 Å². The van der Waals surface area contributed by atoms with Crippen molar-refractivity contribution in [1.29, 1.82) is 0 Å². The molecule has 11 nitrogen and oxygen atoms in total. The zero-order valence-corrected chi connectivity index (χ0v) is 19.9. The van der Waals surface area contributed by atoms with Gasteiger partial charge in [0.15, 0.2) is 16.3 Å². The van der Waals surface area contributed by atoms with Crippen LogP contribution in [0.15, 0.2) is 58.4 Å². The van der Waals surface area contributed by atoms with E-state index >= 15 is 0 Å². The fraction of sp³-hybridized carbons (Fsp3) is 0.318. The van der Waals surface area contributed by atoms with Gasteiger partial charge in [-0.2, -0.15) is 0 Å². The normalized spacial score (nSPS) is 10.8. The van der Waals surface area contributed by atoms with Crippen molar-refractivity contribution in [2.45, 2.75) is 26.6 Å². The summed E-state index contributed by atoms with van der Waals surface area (Å²) in [5, 5.41) is 3.04. The van der Waals surface area contributed by atoms with Gasteiger partial charge in [-0.05, 0) is 24.7 Å². The molecule has 12 heteroatoms. The summed E-state index contributed by atoms with van der Waals surface area (Å²) in [6, 6.07) is 9.31. The standard InChI is InChI=1S/C22H27N7O4S/c1-15(2)11-23-21(34)26-25-17(30)13-29-20(31)18-19(24-14-27(18)9-10-33-3)28(22(29)32)12-16-7-5-4-6-8-16/h4-8,14H,1,9-13H2,2-3H3,(H,25,30)(H2,23,26,34). The van der Waals surface area contributed by atoms with Gasteiger partial charge < -0.3 is 14.6 Å². The van der Waals surface area contributed by atoms with Crippen LogP contribution in [0.4, 0.5) is 0 Å². The highest BCUT2D eigenvalue weighted by atomic mass is 32.1. The Labute approximate surface area is 201 Å². The number of amides is 1. The summed E-state index contributed by atoms with van der Waals surface area (Å²) in [7, 11) is 1.55. The number of carbonyl (C=O) groups is 1. The molecule has 0 radical (unpaired) electrons. The van der Waals surface area contributed by atoms with Crippen LogP contribution in [0.2, 0.25) is 0 Å². The zero-order valence-electron chi connectivity index (χ0n) is 19.0. The fourth-order valence-electron chi connectivity index (χ4n) is 3.23. The third-order valence-electron chi connectivity index (χ3n) is 4.87. The van der Waals surface area contributed by atoms with Crippen LogP contribution < -0.4 is 27.4 Å². The van der Waals surface area contributed by atoms with E-state index in [0.29, 0.717) is 19.7 Å². The van der Waals surface area contributed by atoms with Crippen LogP contribution in [0, 0.1) is 0 Å². The fourth-order valence-corrected chi connectivity index (χ4v) is 3.35. The highest BCUT2D eigenvalue weighted by Crippen LogP contribution is 2.09. The number of hydrogen-bond donors (Lipinski definition) is 3. The summed E-state index contributed by atoms with van der Waals surface area (Å²) in [6.45, 7) is 6.41. The van der Waals surface area contributed by atoms with Crippen molar-refractivity contribution in [3.8, 4) is 0 Å². The van der Waals surface area contributed by atoms with Crippen molar-refractivity contribution in [3.05, 3.63) is 75.2 Å². The molecule has 3 rings (SSSR count). The molecule has 0 aliphatic heterocycles. The van der Waals surface area contributed by atoms with Crippen LogP contribution in [-0.2, 0) is 29.2 Å². The Balaban J connectivity index is 1.94. The molecule has 0 aliphatic carbocycles. The molecule has 0 fully saturated rings. The minimum atomic E-state index is -0.642. The third-order valence-corrected chi connectivity index (χ3v) is 5.12. The first-order valence-electron chi connectivity index (χ1n) is 10.5. The maximum absolute atomic E-state index is 13.3. The van der Waals surface area contributed by atoms with E-state index < -0.39 is 23.7 Å². The molecule has 0 spiro atoms. The first kappa shape index (κ1) is 24.9. The number of carbonyl (C=O) groups excluding carboxylic acids is 1. The predicted molar refractivity (Wildman–Crippen MR) is 132 cm³/mol. The second-order valence-corrected chi connectivity index (χ2v) is 8.07. The Kier molecular flexibility index (Phi) is 8.33. The number of hydrogen-bond acceptors (Lipinski definition) is 6. The molecule has 0 saturated carbocycles. The van der Waals surface area contributed by atoms with E-state index in [9.17, 15) is 14.4 Å². The van der Waals surface area contributed by atoms with Crippen molar-refractivity contribution in [2.75, 3.05) is 20.3 Å². The molecule has 1 aromatic carbocycles. The molecule has 2 heterocycles. The Hall–Kier alpha value is -3.77. The van der Waals surface area contributed by atoms with Gasteiger partial charge in [-0.3, -0.25) is 25.0 Å². The van der Waals surface area contributed by atoms with E-state index in [1.165, 1.54) is 10.9 Å². The van der Waals surface area contributed by atoms with Gasteiger partial charge in [0.2, 0.25) is 0 Å². The highest BCUT2D eigenvalue weighted by Gasteiger charge is 2.20. The lowest BCUT2D eigenvalue weighted by atomic mass is 10.2. The average Bonchev–Trinajstić information content (AvgIpc) is 3.25. The van der Waals surface area contributed by atoms with Crippen LogP contribution >= 0.6 is 12.2 Å². The number of imidazole rings is 1. The molecule has 1 amide bonds. The number of fused-ring (bicyclic) bond motifs is 1. The summed E-state index contributed by atoms with van der Waals surface area (Å²) in [6.07, 6.45) is 1.49. The summed E-state index contributed by atoms with van der Waals surface area (Å²) in [5.74, 6) is -0.618. The number of rotatable bonds is 9. The molecular weight excluding hydrogens is 458 g/mol.